The first-order valence-corrected chi connectivity index (χ1v) is 9.75. The number of halogens is 1. The molecule has 2 N–H and O–H groups in total. The fourth-order valence-electron chi connectivity index (χ4n) is 1.96. The lowest BCUT2D eigenvalue weighted by Crippen LogP contribution is -2.21. The van der Waals surface area contributed by atoms with E-state index in [-0.39, 0.29) is 29.5 Å². The quantitative estimate of drug-likeness (QED) is 0.167. The second kappa shape index (κ2) is 14.6. The third-order valence-corrected chi connectivity index (χ3v) is 4.52. The number of ketones is 1. The van der Waals surface area contributed by atoms with Gasteiger partial charge in [-0.3, -0.25) is 9.79 Å². The molecule has 0 saturated carbocycles. The minimum absolute atomic E-state index is 0.0309. The van der Waals surface area contributed by atoms with Gasteiger partial charge in [0.05, 0.1) is 12.1 Å². The Morgan fingerprint density at radius 3 is 2.68 bits per heavy atom. The van der Waals surface area contributed by atoms with Crippen molar-refractivity contribution in [3.63, 3.8) is 0 Å². The number of allylic oxidation sites excluding steroid dienone is 5. The van der Waals surface area contributed by atoms with E-state index in [1.54, 1.807) is 25.2 Å². The molecule has 0 bridgehead atoms. The van der Waals surface area contributed by atoms with Crippen LogP contribution in [0.25, 0.3) is 0 Å². The Kier molecular flexibility index (Phi) is 13.3. The van der Waals surface area contributed by atoms with Gasteiger partial charge in [0.25, 0.3) is 0 Å². The van der Waals surface area contributed by atoms with Gasteiger partial charge in [-0.2, -0.15) is 5.10 Å². The zero-order valence-corrected chi connectivity index (χ0v) is 18.4. The third-order valence-electron chi connectivity index (χ3n) is 3.70. The number of aliphatic hydroxyl groups excluding tert-OH is 1. The van der Waals surface area contributed by atoms with Crippen molar-refractivity contribution >= 4 is 34.1 Å². The summed E-state index contributed by atoms with van der Waals surface area (Å²) in [6.07, 6.45) is 15.0. The molecule has 0 spiro atoms. The molecule has 1 aliphatic carbocycles. The van der Waals surface area contributed by atoms with Crippen LogP contribution in [0.5, 0.6) is 0 Å². The number of carbonyl (C=O) groups excluding carboxylic acids is 1. The fraction of sp³-hybridized carbons (Fsp3) is 0.318. The van der Waals surface area contributed by atoms with Gasteiger partial charge in [-0.1, -0.05) is 59.8 Å². The standard InChI is InChI=1S/C13H19BrN2O.C9H11NO/c1-5-12(14)9-7-8-10(3)15-16-11(4)13(17)6-2;1-3-7-6-8(11)4-5-9(7)10-2/h6-10,15H,2,5H2,1,3-4H3;3-7,9,11H,1-2H2/b8-7-,12-9+,16-11-;. The van der Waals surface area contributed by atoms with Crippen molar-refractivity contribution < 1.29 is 9.90 Å². The molecule has 1 aliphatic rings. The van der Waals surface area contributed by atoms with Crippen molar-refractivity contribution in [1.82, 2.24) is 5.43 Å². The maximum Gasteiger partial charge on any atom is 0.200 e. The Hall–Kier alpha value is -2.47. The van der Waals surface area contributed by atoms with Gasteiger partial charge in [0, 0.05) is 5.92 Å². The predicted molar refractivity (Wildman–Crippen MR) is 124 cm³/mol. The summed E-state index contributed by atoms with van der Waals surface area (Å²) >= 11 is 3.42. The summed E-state index contributed by atoms with van der Waals surface area (Å²) in [5.74, 6) is 0.189. The molecular formula is C22H30BrN3O2. The first-order chi connectivity index (χ1) is 13.3. The highest BCUT2D eigenvalue weighted by atomic mass is 79.9. The zero-order valence-electron chi connectivity index (χ0n) is 16.8. The highest BCUT2D eigenvalue weighted by molar-refractivity contribution is 9.11. The van der Waals surface area contributed by atoms with E-state index in [1.165, 1.54) is 6.08 Å². The summed E-state index contributed by atoms with van der Waals surface area (Å²) in [4.78, 5) is 15.0. The number of nitrogens with one attached hydrogen (secondary N) is 1. The van der Waals surface area contributed by atoms with E-state index in [1.807, 2.05) is 31.2 Å². The van der Waals surface area contributed by atoms with Crippen molar-refractivity contribution in [2.75, 3.05) is 0 Å². The normalized spacial score (nSPS) is 20.5. The van der Waals surface area contributed by atoms with Gasteiger partial charge in [-0.25, -0.2) is 0 Å². The maximum absolute atomic E-state index is 11.1. The number of hydrogen-bond donors (Lipinski definition) is 2. The molecule has 5 nitrogen and oxygen atoms in total. The average Bonchev–Trinajstić information content (AvgIpc) is 2.71. The Bertz CT molecular complexity index is 703. The van der Waals surface area contributed by atoms with Gasteiger partial charge in [0.1, 0.15) is 11.5 Å². The highest BCUT2D eigenvalue weighted by Gasteiger charge is 2.15. The van der Waals surface area contributed by atoms with Crippen LogP contribution in [0.2, 0.25) is 0 Å². The molecule has 0 heterocycles. The maximum atomic E-state index is 11.1. The van der Waals surface area contributed by atoms with Crippen LogP contribution < -0.4 is 5.43 Å². The monoisotopic (exact) mass is 447 g/mol. The van der Waals surface area contributed by atoms with E-state index in [4.69, 9.17) is 5.11 Å². The van der Waals surface area contributed by atoms with Gasteiger partial charge < -0.3 is 10.5 Å². The summed E-state index contributed by atoms with van der Waals surface area (Å²) in [5.41, 5.74) is 3.29. The van der Waals surface area contributed by atoms with Crippen LogP contribution in [0, 0.1) is 5.92 Å². The van der Waals surface area contributed by atoms with Gasteiger partial charge in [-0.05, 0) is 49.7 Å². The number of hydrogen-bond acceptors (Lipinski definition) is 5. The topological polar surface area (TPSA) is 74.0 Å². The van der Waals surface area contributed by atoms with Crippen LogP contribution in [0.4, 0.5) is 0 Å². The van der Waals surface area contributed by atoms with E-state index in [2.05, 4.69) is 58.2 Å². The predicted octanol–water partition coefficient (Wildman–Crippen LogP) is 5.21. The number of aliphatic hydroxyl groups is 1. The Balaban J connectivity index is 0.000000567. The first-order valence-electron chi connectivity index (χ1n) is 8.95. The largest absolute Gasteiger partial charge is 0.508 e. The van der Waals surface area contributed by atoms with Crippen molar-refractivity contribution in [2.24, 2.45) is 16.0 Å². The number of rotatable bonds is 9. The zero-order chi connectivity index (χ0) is 21.5. The molecule has 28 heavy (non-hydrogen) atoms. The van der Waals surface area contributed by atoms with Crippen molar-refractivity contribution in [3.05, 3.63) is 72.0 Å². The Morgan fingerprint density at radius 2 is 2.14 bits per heavy atom. The van der Waals surface area contributed by atoms with Gasteiger partial charge in [0.2, 0.25) is 5.78 Å². The van der Waals surface area contributed by atoms with Crippen LogP contribution in [-0.4, -0.2) is 35.4 Å². The summed E-state index contributed by atoms with van der Waals surface area (Å²) in [7, 11) is 0. The number of nitrogens with zero attached hydrogens (tertiary/aromatic N) is 2. The first kappa shape index (κ1) is 25.5. The lowest BCUT2D eigenvalue weighted by Gasteiger charge is -2.17. The van der Waals surface area contributed by atoms with E-state index < -0.39 is 0 Å². The molecule has 0 radical (unpaired) electrons. The molecule has 0 aromatic rings. The summed E-state index contributed by atoms with van der Waals surface area (Å²) in [5, 5.41) is 13.1. The highest BCUT2D eigenvalue weighted by Crippen LogP contribution is 2.18. The molecule has 3 unspecified atom stereocenters. The van der Waals surface area contributed by atoms with Crippen LogP contribution in [0.1, 0.15) is 27.2 Å². The van der Waals surface area contributed by atoms with Gasteiger partial charge in [0.15, 0.2) is 0 Å². The fourth-order valence-corrected chi connectivity index (χ4v) is 2.11. The third kappa shape index (κ3) is 10.6. The summed E-state index contributed by atoms with van der Waals surface area (Å²) in [6, 6.07) is 0.0966. The van der Waals surface area contributed by atoms with Gasteiger partial charge in [-0.15, -0.1) is 6.58 Å². The van der Waals surface area contributed by atoms with Crippen LogP contribution in [-0.2, 0) is 4.79 Å². The van der Waals surface area contributed by atoms with E-state index in [0.29, 0.717) is 5.71 Å². The second-order valence-corrected chi connectivity index (χ2v) is 6.99. The lowest BCUT2D eigenvalue weighted by molar-refractivity contribution is -0.108. The second-order valence-electron chi connectivity index (χ2n) is 5.97. The smallest absolute Gasteiger partial charge is 0.200 e. The molecule has 6 heteroatoms. The molecule has 0 aliphatic heterocycles. The number of aliphatic imine (C=N–C) groups is 1. The molecule has 0 fully saturated rings. The Morgan fingerprint density at radius 1 is 1.46 bits per heavy atom. The van der Waals surface area contributed by atoms with E-state index in [9.17, 15) is 4.79 Å². The van der Waals surface area contributed by atoms with Crippen molar-refractivity contribution in [2.45, 2.75) is 39.3 Å². The van der Waals surface area contributed by atoms with Crippen LogP contribution >= 0.6 is 15.9 Å². The molecule has 3 atom stereocenters. The summed E-state index contributed by atoms with van der Waals surface area (Å²) < 4.78 is 1.14. The molecular weight excluding hydrogens is 418 g/mol. The average molecular weight is 448 g/mol. The molecule has 0 saturated heterocycles. The number of hydrazone groups is 1. The van der Waals surface area contributed by atoms with Crippen LogP contribution in [0.3, 0.4) is 0 Å². The molecule has 0 aromatic heterocycles. The van der Waals surface area contributed by atoms with E-state index in [0.717, 1.165) is 10.9 Å². The van der Waals surface area contributed by atoms with E-state index >= 15 is 0 Å². The van der Waals surface area contributed by atoms with Crippen molar-refractivity contribution in [3.8, 4) is 0 Å². The lowest BCUT2D eigenvalue weighted by atomic mass is 9.95. The molecule has 0 aromatic carbocycles. The van der Waals surface area contributed by atoms with Gasteiger partial charge >= 0.3 is 0 Å². The Labute approximate surface area is 176 Å². The minimum Gasteiger partial charge on any atom is -0.508 e. The number of carbonyl (C=O) groups is 1. The van der Waals surface area contributed by atoms with Crippen LogP contribution in [0.15, 0.2) is 82.1 Å². The molecule has 0 amide bonds. The molecule has 1 rings (SSSR count). The minimum atomic E-state index is -0.165. The summed E-state index contributed by atoms with van der Waals surface area (Å²) in [6.45, 7) is 16.2. The molecule has 152 valence electrons. The SMILES string of the molecule is C=CC(=O)/C(C)=N\NC(C)/C=C\C=C(\Br)CC.C=CC1C=C(O)C=CC1N=C. The van der Waals surface area contributed by atoms with Crippen molar-refractivity contribution in [1.29, 1.82) is 0 Å².